The van der Waals surface area contributed by atoms with Gasteiger partial charge in [0.2, 0.25) is 17.4 Å². The number of hydrogen-bond acceptors (Lipinski definition) is 3. The van der Waals surface area contributed by atoms with Crippen LogP contribution in [0.2, 0.25) is 5.02 Å². The summed E-state index contributed by atoms with van der Waals surface area (Å²) in [5.74, 6) is -1.51. The van der Waals surface area contributed by atoms with E-state index < -0.39 is 17.4 Å². The first-order valence-electron chi connectivity index (χ1n) is 9.77. The van der Waals surface area contributed by atoms with Crippen LogP contribution < -0.4 is 10.2 Å². The van der Waals surface area contributed by atoms with Crippen molar-refractivity contribution in [2.45, 2.75) is 50.7 Å². The fraction of sp³-hybridized carbons (Fsp3) is 0.550. The van der Waals surface area contributed by atoms with Crippen LogP contribution >= 0.6 is 11.6 Å². The Morgan fingerprint density at radius 1 is 1.33 bits per heavy atom. The average molecular weight is 389 g/mol. The number of carbonyl (C=O) groups is 3. The lowest BCUT2D eigenvalue weighted by atomic mass is 9.75. The van der Waals surface area contributed by atoms with Gasteiger partial charge in [-0.1, -0.05) is 18.5 Å². The third-order valence-electron chi connectivity index (χ3n) is 7.24. The molecule has 27 heavy (non-hydrogen) atoms. The van der Waals surface area contributed by atoms with Crippen molar-refractivity contribution in [3.8, 4) is 0 Å². The molecule has 3 amide bonds. The van der Waals surface area contributed by atoms with Gasteiger partial charge in [0.05, 0.1) is 12.2 Å². The van der Waals surface area contributed by atoms with Gasteiger partial charge in [0.15, 0.2) is 0 Å². The van der Waals surface area contributed by atoms with Crippen LogP contribution in [-0.4, -0.2) is 41.2 Å². The van der Waals surface area contributed by atoms with Crippen LogP contribution in [0.25, 0.3) is 0 Å². The highest BCUT2D eigenvalue weighted by molar-refractivity contribution is 6.31. The fourth-order valence-corrected chi connectivity index (χ4v) is 6.24. The molecule has 0 radical (unpaired) electrons. The van der Waals surface area contributed by atoms with Crippen LogP contribution in [0.3, 0.4) is 0 Å². The molecule has 0 bridgehead atoms. The molecule has 4 aliphatic rings. The summed E-state index contributed by atoms with van der Waals surface area (Å²) >= 11 is 6.27. The van der Waals surface area contributed by atoms with E-state index in [2.05, 4.69) is 5.32 Å². The zero-order chi connectivity index (χ0) is 19.1. The van der Waals surface area contributed by atoms with Gasteiger partial charge in [0, 0.05) is 29.5 Å². The molecule has 6 nitrogen and oxygen atoms in total. The minimum atomic E-state index is -1.04. The molecule has 1 spiro atoms. The standard InChI is InChI=1S/C20H22ClN3O3/c1-3-10(2)24-17(25)15-14-5-4-8-23(14)20(16(15)18(24)26)12-9-11(21)6-7-13(12)22-19(20)27/h6-7,9-10,14-16H,3-5,8H2,1-2H3,(H,22,27)/p+1/t10-,14-,15+,16-,20+/m0/s1. The van der Waals surface area contributed by atoms with E-state index in [1.54, 1.807) is 12.1 Å². The minimum absolute atomic E-state index is 0.0104. The molecule has 4 aliphatic heterocycles. The van der Waals surface area contributed by atoms with Crippen LogP contribution in [-0.2, 0) is 19.9 Å². The molecule has 142 valence electrons. The van der Waals surface area contributed by atoms with E-state index in [4.69, 9.17) is 11.6 Å². The van der Waals surface area contributed by atoms with Gasteiger partial charge in [0.1, 0.15) is 17.9 Å². The summed E-state index contributed by atoms with van der Waals surface area (Å²) in [6, 6.07) is 5.21. The van der Waals surface area contributed by atoms with Gasteiger partial charge in [-0.05, 0) is 31.5 Å². The van der Waals surface area contributed by atoms with E-state index in [-0.39, 0.29) is 29.8 Å². The lowest BCUT2D eigenvalue weighted by molar-refractivity contribution is -0.948. The predicted molar refractivity (Wildman–Crippen MR) is 99.2 cm³/mol. The van der Waals surface area contributed by atoms with Crippen molar-refractivity contribution in [1.29, 1.82) is 0 Å². The first-order chi connectivity index (χ1) is 12.9. The second-order valence-corrected chi connectivity index (χ2v) is 8.72. The van der Waals surface area contributed by atoms with Crippen molar-refractivity contribution < 1.29 is 19.3 Å². The van der Waals surface area contributed by atoms with E-state index in [9.17, 15) is 14.4 Å². The maximum Gasteiger partial charge on any atom is 0.291 e. The summed E-state index contributed by atoms with van der Waals surface area (Å²) in [4.78, 5) is 42.7. The Labute approximate surface area is 162 Å². The second-order valence-electron chi connectivity index (χ2n) is 8.28. The fourth-order valence-electron chi connectivity index (χ4n) is 6.07. The Balaban J connectivity index is 1.74. The number of anilines is 1. The summed E-state index contributed by atoms with van der Waals surface area (Å²) in [7, 11) is 0. The normalized spacial score (nSPS) is 37.6. The minimum Gasteiger partial charge on any atom is -0.320 e. The Kier molecular flexibility index (Phi) is 3.53. The smallest absolute Gasteiger partial charge is 0.291 e. The lowest BCUT2D eigenvalue weighted by Crippen LogP contribution is -3.19. The van der Waals surface area contributed by atoms with E-state index in [1.807, 2.05) is 19.9 Å². The third kappa shape index (κ3) is 1.88. The molecule has 1 aromatic rings. The summed E-state index contributed by atoms with van der Waals surface area (Å²) in [5.41, 5.74) is 0.452. The SMILES string of the molecule is CC[C@H](C)N1C(=O)[C@H]2[C@@H](C1=O)[C@]1(C(=O)Nc3ccc(Cl)cc31)[NH+]1CCC[C@@H]21. The number of nitrogens with one attached hydrogen (secondary N) is 2. The van der Waals surface area contributed by atoms with Crippen LogP contribution in [0, 0.1) is 11.8 Å². The molecule has 5 rings (SSSR count). The first kappa shape index (κ1) is 17.2. The number of rotatable bonds is 2. The van der Waals surface area contributed by atoms with Crippen LogP contribution in [0.1, 0.15) is 38.7 Å². The van der Waals surface area contributed by atoms with Crippen molar-refractivity contribution in [2.24, 2.45) is 11.8 Å². The number of likely N-dealkylation sites (tertiary alicyclic amines) is 1. The number of halogens is 1. The van der Waals surface area contributed by atoms with Crippen molar-refractivity contribution >= 4 is 35.0 Å². The highest BCUT2D eigenvalue weighted by Gasteiger charge is 2.78. The number of imide groups is 1. The van der Waals surface area contributed by atoms with Gasteiger partial charge in [0.25, 0.3) is 5.91 Å². The number of nitrogens with zero attached hydrogens (tertiary/aromatic N) is 1. The Hall–Kier alpha value is -1.92. The number of benzene rings is 1. The maximum atomic E-state index is 13.5. The van der Waals surface area contributed by atoms with E-state index >= 15 is 0 Å². The summed E-state index contributed by atoms with van der Waals surface area (Å²) in [5, 5.41) is 3.52. The van der Waals surface area contributed by atoms with Crippen LogP contribution in [0.5, 0.6) is 0 Å². The molecule has 4 heterocycles. The topological polar surface area (TPSA) is 70.9 Å². The highest BCUT2D eigenvalue weighted by Crippen LogP contribution is 2.52. The van der Waals surface area contributed by atoms with Gasteiger partial charge >= 0.3 is 0 Å². The van der Waals surface area contributed by atoms with Gasteiger partial charge < -0.3 is 10.2 Å². The number of fused-ring (bicyclic) bond motifs is 7. The van der Waals surface area contributed by atoms with Gasteiger partial charge in [-0.3, -0.25) is 19.3 Å². The molecule has 3 saturated heterocycles. The summed E-state index contributed by atoms with van der Waals surface area (Å²) in [6.07, 6.45) is 2.54. The Bertz CT molecular complexity index is 887. The largest absolute Gasteiger partial charge is 0.320 e. The van der Waals surface area contributed by atoms with Crippen molar-refractivity contribution in [2.75, 3.05) is 11.9 Å². The van der Waals surface area contributed by atoms with Crippen molar-refractivity contribution in [3.05, 3.63) is 28.8 Å². The number of hydrogen-bond donors (Lipinski definition) is 2. The molecule has 3 fully saturated rings. The highest BCUT2D eigenvalue weighted by atomic mass is 35.5. The van der Waals surface area contributed by atoms with Crippen molar-refractivity contribution in [1.82, 2.24) is 4.90 Å². The zero-order valence-corrected chi connectivity index (χ0v) is 16.2. The molecule has 0 aromatic heterocycles. The number of quaternary nitrogens is 1. The van der Waals surface area contributed by atoms with Gasteiger partial charge in [-0.25, -0.2) is 0 Å². The molecular formula is C20H23ClN3O3+. The van der Waals surface area contributed by atoms with Crippen LogP contribution in [0.4, 0.5) is 5.69 Å². The van der Waals surface area contributed by atoms with E-state index in [0.717, 1.165) is 29.8 Å². The monoisotopic (exact) mass is 388 g/mol. The number of carbonyl (C=O) groups excluding carboxylic acids is 3. The molecule has 6 atom stereocenters. The molecule has 0 saturated carbocycles. The number of amides is 3. The molecule has 0 aliphatic carbocycles. The van der Waals surface area contributed by atoms with E-state index in [0.29, 0.717) is 17.1 Å². The Morgan fingerprint density at radius 2 is 2.11 bits per heavy atom. The van der Waals surface area contributed by atoms with Gasteiger partial charge in [-0.2, -0.15) is 0 Å². The molecular weight excluding hydrogens is 366 g/mol. The van der Waals surface area contributed by atoms with Gasteiger partial charge in [-0.15, -0.1) is 0 Å². The average Bonchev–Trinajstić information content (AvgIpc) is 3.33. The van der Waals surface area contributed by atoms with Crippen LogP contribution in [0.15, 0.2) is 18.2 Å². The molecule has 7 heteroatoms. The zero-order valence-electron chi connectivity index (χ0n) is 15.4. The summed E-state index contributed by atoms with van der Waals surface area (Å²) < 4.78 is 0. The van der Waals surface area contributed by atoms with E-state index in [1.165, 1.54) is 4.90 Å². The predicted octanol–water partition coefficient (Wildman–Crippen LogP) is 0.948. The quantitative estimate of drug-likeness (QED) is 0.741. The lowest BCUT2D eigenvalue weighted by Gasteiger charge is -2.34. The maximum absolute atomic E-state index is 13.5. The molecule has 1 unspecified atom stereocenters. The Morgan fingerprint density at radius 3 is 2.85 bits per heavy atom. The summed E-state index contributed by atoms with van der Waals surface area (Å²) in [6.45, 7) is 4.67. The third-order valence-corrected chi connectivity index (χ3v) is 7.48. The molecule has 1 aromatic carbocycles. The first-order valence-corrected chi connectivity index (χ1v) is 10.1. The van der Waals surface area contributed by atoms with Crippen molar-refractivity contribution in [3.63, 3.8) is 0 Å². The molecule has 2 N–H and O–H groups in total. The second kappa shape index (κ2) is 5.55.